The first kappa shape index (κ1) is 11.9. The van der Waals surface area contributed by atoms with Gasteiger partial charge in [-0.05, 0) is 25.7 Å². The second-order valence-electron chi connectivity index (χ2n) is 4.26. The van der Waals surface area contributed by atoms with Crippen LogP contribution in [0.4, 0.5) is 5.95 Å². The van der Waals surface area contributed by atoms with E-state index in [0.29, 0.717) is 17.9 Å². The largest absolute Gasteiger partial charge is 0.467 e. The van der Waals surface area contributed by atoms with Gasteiger partial charge < -0.3 is 14.8 Å². The van der Waals surface area contributed by atoms with Crippen LogP contribution in [0.15, 0.2) is 0 Å². The zero-order valence-electron chi connectivity index (χ0n) is 10.4. The summed E-state index contributed by atoms with van der Waals surface area (Å²) in [7, 11) is 3.04. The van der Waals surface area contributed by atoms with Crippen LogP contribution in [0.1, 0.15) is 26.2 Å². The molecule has 1 aliphatic carbocycles. The van der Waals surface area contributed by atoms with Gasteiger partial charge in [-0.25, -0.2) is 0 Å². The van der Waals surface area contributed by atoms with Gasteiger partial charge in [0.1, 0.15) is 0 Å². The molecule has 17 heavy (non-hydrogen) atoms. The molecule has 1 aromatic heterocycles. The van der Waals surface area contributed by atoms with Gasteiger partial charge in [-0.3, -0.25) is 0 Å². The van der Waals surface area contributed by atoms with Crippen molar-refractivity contribution < 1.29 is 9.47 Å². The van der Waals surface area contributed by atoms with Gasteiger partial charge in [-0.15, -0.1) is 4.98 Å². The van der Waals surface area contributed by atoms with Crippen molar-refractivity contribution in [1.29, 1.82) is 0 Å². The quantitative estimate of drug-likeness (QED) is 0.838. The van der Waals surface area contributed by atoms with Crippen molar-refractivity contribution >= 4 is 5.95 Å². The Labute approximate surface area is 101 Å². The Kier molecular flexibility index (Phi) is 3.61. The number of nitrogens with zero attached hydrogens (tertiary/aromatic N) is 3. The number of hydrogen-bond acceptors (Lipinski definition) is 6. The summed E-state index contributed by atoms with van der Waals surface area (Å²) in [5, 5.41) is 3.27. The zero-order valence-corrected chi connectivity index (χ0v) is 10.4. The van der Waals surface area contributed by atoms with Crippen LogP contribution in [0.3, 0.4) is 0 Å². The molecule has 6 nitrogen and oxygen atoms in total. The lowest BCUT2D eigenvalue weighted by Gasteiger charge is -2.31. The number of anilines is 1. The fraction of sp³-hybridized carbons (Fsp3) is 0.727. The topological polar surface area (TPSA) is 69.2 Å². The number of rotatable bonds is 5. The van der Waals surface area contributed by atoms with Gasteiger partial charge in [0, 0.05) is 6.04 Å². The minimum atomic E-state index is 0.264. The van der Waals surface area contributed by atoms with Crippen LogP contribution in [0, 0.1) is 5.92 Å². The number of ether oxygens (including phenoxy) is 2. The van der Waals surface area contributed by atoms with E-state index in [9.17, 15) is 0 Å². The predicted octanol–water partition coefficient (Wildman–Crippen LogP) is 1.49. The molecular formula is C11H18N4O2. The Bertz CT molecular complexity index is 359. The van der Waals surface area contributed by atoms with Crippen LogP contribution >= 0.6 is 0 Å². The lowest BCUT2D eigenvalue weighted by molar-refractivity contribution is 0.283. The molecule has 0 radical (unpaired) electrons. The van der Waals surface area contributed by atoms with E-state index in [2.05, 4.69) is 27.2 Å². The van der Waals surface area contributed by atoms with Gasteiger partial charge in [0.25, 0.3) is 0 Å². The van der Waals surface area contributed by atoms with Gasteiger partial charge >= 0.3 is 12.0 Å². The third kappa shape index (κ3) is 2.75. The Hall–Kier alpha value is -1.59. The average molecular weight is 238 g/mol. The minimum absolute atomic E-state index is 0.264. The normalized spacial score (nSPS) is 17.1. The molecule has 94 valence electrons. The first-order chi connectivity index (χ1) is 8.22. The summed E-state index contributed by atoms with van der Waals surface area (Å²) in [6.45, 7) is 2.15. The highest BCUT2D eigenvalue weighted by molar-refractivity contribution is 5.29. The molecule has 1 N–H and O–H groups in total. The van der Waals surface area contributed by atoms with Crippen molar-refractivity contribution in [3.8, 4) is 12.0 Å². The van der Waals surface area contributed by atoms with E-state index in [0.717, 1.165) is 0 Å². The molecule has 1 unspecified atom stereocenters. The highest BCUT2D eigenvalue weighted by atomic mass is 16.5. The predicted molar refractivity (Wildman–Crippen MR) is 63.4 cm³/mol. The van der Waals surface area contributed by atoms with Gasteiger partial charge in [0.05, 0.1) is 14.2 Å². The summed E-state index contributed by atoms with van der Waals surface area (Å²) >= 11 is 0. The maximum absolute atomic E-state index is 5.00. The van der Waals surface area contributed by atoms with E-state index in [1.54, 1.807) is 0 Å². The van der Waals surface area contributed by atoms with E-state index in [-0.39, 0.29) is 12.0 Å². The van der Waals surface area contributed by atoms with Gasteiger partial charge in [0.2, 0.25) is 5.95 Å². The summed E-state index contributed by atoms with van der Waals surface area (Å²) < 4.78 is 9.99. The molecular weight excluding hydrogens is 220 g/mol. The molecule has 1 fully saturated rings. The number of nitrogens with one attached hydrogen (secondary N) is 1. The van der Waals surface area contributed by atoms with Crippen LogP contribution in [-0.2, 0) is 0 Å². The standard InChI is InChI=1S/C11H18N4O2/c1-7(8-5-4-6-8)12-9-13-10(16-2)15-11(14-9)17-3/h7-8H,4-6H2,1-3H3,(H,12,13,14,15). The minimum Gasteiger partial charge on any atom is -0.467 e. The summed E-state index contributed by atoms with van der Waals surface area (Å²) in [6, 6.07) is 0.890. The molecule has 0 aliphatic heterocycles. The van der Waals surface area contributed by atoms with Gasteiger partial charge in [-0.2, -0.15) is 9.97 Å². The van der Waals surface area contributed by atoms with Crippen LogP contribution in [0.5, 0.6) is 12.0 Å². The van der Waals surface area contributed by atoms with Crippen molar-refractivity contribution in [2.24, 2.45) is 5.92 Å². The lowest BCUT2D eigenvalue weighted by Crippen LogP contribution is -2.31. The maximum Gasteiger partial charge on any atom is 0.324 e. The molecule has 0 saturated heterocycles. The zero-order chi connectivity index (χ0) is 12.3. The first-order valence-electron chi connectivity index (χ1n) is 5.83. The van der Waals surface area contributed by atoms with E-state index in [4.69, 9.17) is 9.47 Å². The third-order valence-electron chi connectivity index (χ3n) is 3.17. The maximum atomic E-state index is 5.00. The van der Waals surface area contributed by atoms with Crippen molar-refractivity contribution in [3.05, 3.63) is 0 Å². The second-order valence-corrected chi connectivity index (χ2v) is 4.26. The summed E-state index contributed by atoms with van der Waals surface area (Å²) in [4.78, 5) is 12.2. The Balaban J connectivity index is 2.07. The van der Waals surface area contributed by atoms with Gasteiger partial charge in [-0.1, -0.05) is 6.42 Å². The second kappa shape index (κ2) is 5.16. The Morgan fingerprint density at radius 3 is 2.12 bits per heavy atom. The molecule has 0 spiro atoms. The first-order valence-corrected chi connectivity index (χ1v) is 5.83. The van der Waals surface area contributed by atoms with E-state index in [1.165, 1.54) is 33.5 Å². The molecule has 2 rings (SSSR count). The molecule has 1 atom stereocenters. The number of aromatic nitrogens is 3. The van der Waals surface area contributed by atoms with Crippen molar-refractivity contribution in [1.82, 2.24) is 15.0 Å². The Morgan fingerprint density at radius 1 is 1.12 bits per heavy atom. The third-order valence-corrected chi connectivity index (χ3v) is 3.17. The highest BCUT2D eigenvalue weighted by Crippen LogP contribution is 2.30. The van der Waals surface area contributed by atoms with Gasteiger partial charge in [0.15, 0.2) is 0 Å². The fourth-order valence-corrected chi connectivity index (χ4v) is 1.85. The smallest absolute Gasteiger partial charge is 0.324 e. The lowest BCUT2D eigenvalue weighted by atomic mass is 9.80. The SMILES string of the molecule is COc1nc(NC(C)C2CCC2)nc(OC)n1. The molecule has 1 aliphatic rings. The molecule has 0 bridgehead atoms. The average Bonchev–Trinajstić information content (AvgIpc) is 2.25. The van der Waals surface area contributed by atoms with Crippen LogP contribution in [0.25, 0.3) is 0 Å². The molecule has 1 saturated carbocycles. The summed E-state index contributed by atoms with van der Waals surface area (Å²) in [5.74, 6) is 1.22. The van der Waals surface area contributed by atoms with E-state index < -0.39 is 0 Å². The number of methoxy groups -OCH3 is 2. The van der Waals surface area contributed by atoms with Crippen LogP contribution in [0.2, 0.25) is 0 Å². The molecule has 1 aromatic rings. The van der Waals surface area contributed by atoms with Crippen LogP contribution < -0.4 is 14.8 Å². The Morgan fingerprint density at radius 2 is 1.71 bits per heavy atom. The highest BCUT2D eigenvalue weighted by Gasteiger charge is 2.24. The number of hydrogen-bond donors (Lipinski definition) is 1. The van der Waals surface area contributed by atoms with Crippen molar-refractivity contribution in [2.75, 3.05) is 19.5 Å². The van der Waals surface area contributed by atoms with Crippen molar-refractivity contribution in [3.63, 3.8) is 0 Å². The van der Waals surface area contributed by atoms with E-state index >= 15 is 0 Å². The molecule has 1 heterocycles. The summed E-state index contributed by atoms with van der Waals surface area (Å²) in [6.07, 6.45) is 3.86. The summed E-state index contributed by atoms with van der Waals surface area (Å²) in [5.41, 5.74) is 0. The van der Waals surface area contributed by atoms with Crippen molar-refractivity contribution in [2.45, 2.75) is 32.2 Å². The monoisotopic (exact) mass is 238 g/mol. The van der Waals surface area contributed by atoms with Crippen LogP contribution in [-0.4, -0.2) is 35.2 Å². The molecule has 6 heteroatoms. The fourth-order valence-electron chi connectivity index (χ4n) is 1.85. The van der Waals surface area contributed by atoms with E-state index in [1.807, 2.05) is 0 Å². The molecule has 0 amide bonds. The molecule has 0 aromatic carbocycles.